The van der Waals surface area contributed by atoms with Gasteiger partial charge in [0, 0.05) is 16.8 Å². The Hall–Kier alpha value is -5.47. The summed E-state index contributed by atoms with van der Waals surface area (Å²) in [6.07, 6.45) is -5.18. The number of nitrogens with one attached hydrogen (secondary N) is 4. The first-order valence-corrected chi connectivity index (χ1v) is 11.9. The molecule has 0 aliphatic carbocycles. The molecule has 0 saturated carbocycles. The number of methoxy groups -OCH3 is 3. The maximum absolute atomic E-state index is 13.4. The summed E-state index contributed by atoms with van der Waals surface area (Å²) in [4.78, 5) is 37.0. The number of esters is 1. The van der Waals surface area contributed by atoms with Gasteiger partial charge in [-0.1, -0.05) is 0 Å². The van der Waals surface area contributed by atoms with Crippen molar-refractivity contribution in [2.24, 2.45) is 5.73 Å². The Morgan fingerprint density at radius 3 is 1.86 bits per heavy atom. The maximum Gasteiger partial charge on any atom is 0.491 e. The van der Waals surface area contributed by atoms with Crippen LogP contribution in [0, 0.1) is 5.41 Å². The Bertz CT molecular complexity index is 1440. The number of carbonyl (C=O) groups excluding carboxylic acids is 3. The Morgan fingerprint density at radius 2 is 1.38 bits per heavy atom. The van der Waals surface area contributed by atoms with Crippen LogP contribution in [0.4, 0.5) is 18.9 Å². The molecule has 2 amide bonds. The van der Waals surface area contributed by atoms with Crippen LogP contribution in [0.1, 0.15) is 27.5 Å². The minimum atomic E-state index is -5.18. The van der Waals surface area contributed by atoms with Gasteiger partial charge in [-0.15, -0.1) is 0 Å². The molecule has 0 aromatic heterocycles. The fraction of sp³-hybridized carbons (Fsp3) is 0.185. The first kappa shape index (κ1) is 31.1. The molecule has 1 unspecified atom stereocenters. The lowest BCUT2D eigenvalue weighted by Crippen LogP contribution is -2.45. The smallest absolute Gasteiger partial charge is 0.491 e. The van der Waals surface area contributed by atoms with Gasteiger partial charge in [-0.05, 0) is 66.2 Å². The molecule has 6 N–H and O–H groups in total. The average molecular weight is 590 g/mol. The number of alkyl halides is 3. The molecular formula is C27H26F3N5O7. The number of rotatable bonds is 10. The van der Waals surface area contributed by atoms with Crippen LogP contribution < -0.4 is 40.8 Å². The van der Waals surface area contributed by atoms with Crippen molar-refractivity contribution in [3.8, 4) is 23.0 Å². The van der Waals surface area contributed by atoms with Crippen molar-refractivity contribution in [3.63, 3.8) is 0 Å². The van der Waals surface area contributed by atoms with Crippen LogP contribution in [0.15, 0.2) is 60.7 Å². The van der Waals surface area contributed by atoms with Gasteiger partial charge in [-0.25, -0.2) is 4.79 Å². The third-order valence-corrected chi connectivity index (χ3v) is 5.65. The SMILES string of the molecule is COc1cc(C(Nc2ccc(C(=N)N)cc2)C(=O)NNC(=O)c2ccc(OC(=O)C(F)(F)F)cc2)cc(OC)c1OC. The Labute approximate surface area is 237 Å². The van der Waals surface area contributed by atoms with Crippen LogP contribution >= 0.6 is 0 Å². The van der Waals surface area contributed by atoms with E-state index in [1.807, 2.05) is 0 Å². The van der Waals surface area contributed by atoms with Gasteiger partial charge in [0.15, 0.2) is 11.5 Å². The number of anilines is 1. The topological polar surface area (TPSA) is 174 Å². The molecule has 0 fully saturated rings. The fourth-order valence-electron chi connectivity index (χ4n) is 3.58. The number of carbonyl (C=O) groups is 3. The molecule has 0 bridgehead atoms. The summed E-state index contributed by atoms with van der Waals surface area (Å²) in [6, 6.07) is 12.5. The third-order valence-electron chi connectivity index (χ3n) is 5.65. The predicted molar refractivity (Wildman–Crippen MR) is 144 cm³/mol. The van der Waals surface area contributed by atoms with Crippen molar-refractivity contribution >= 4 is 29.3 Å². The standard InChI is InChI=1S/C27H26F3N5O7/c1-39-19-12-16(13-20(40-2)22(19)41-3)21(33-17-8-4-14(5-9-17)23(31)32)25(37)35-34-24(36)15-6-10-18(11-7-15)42-26(38)27(28,29)30/h4-13,21,33H,1-3H3,(H3,31,32)(H,34,36)(H,35,37). The number of hydrogen-bond donors (Lipinski definition) is 5. The molecule has 222 valence electrons. The zero-order chi connectivity index (χ0) is 31.0. The third kappa shape index (κ3) is 7.59. The number of benzene rings is 3. The van der Waals surface area contributed by atoms with E-state index in [0.717, 1.165) is 24.3 Å². The first-order valence-electron chi connectivity index (χ1n) is 11.9. The van der Waals surface area contributed by atoms with E-state index < -0.39 is 35.8 Å². The van der Waals surface area contributed by atoms with Crippen LogP contribution in [0.25, 0.3) is 0 Å². The maximum atomic E-state index is 13.4. The summed E-state index contributed by atoms with van der Waals surface area (Å²) >= 11 is 0. The van der Waals surface area contributed by atoms with Gasteiger partial charge in [0.1, 0.15) is 17.6 Å². The number of ether oxygens (including phenoxy) is 4. The minimum Gasteiger partial charge on any atom is -0.493 e. The summed E-state index contributed by atoms with van der Waals surface area (Å²) in [5.74, 6) is -3.73. The molecule has 1 atom stereocenters. The zero-order valence-corrected chi connectivity index (χ0v) is 22.4. The van der Waals surface area contributed by atoms with Gasteiger partial charge < -0.3 is 30.0 Å². The summed E-state index contributed by atoms with van der Waals surface area (Å²) in [6.45, 7) is 0. The minimum absolute atomic E-state index is 0.0563. The van der Waals surface area contributed by atoms with Crippen LogP contribution in [-0.4, -0.2) is 51.1 Å². The number of amides is 2. The highest BCUT2D eigenvalue weighted by Crippen LogP contribution is 2.40. The second-order valence-corrected chi connectivity index (χ2v) is 8.38. The zero-order valence-electron chi connectivity index (χ0n) is 22.4. The number of hydrogen-bond acceptors (Lipinski definition) is 9. The van der Waals surface area contributed by atoms with Crippen molar-refractivity contribution in [1.82, 2.24) is 10.9 Å². The summed E-state index contributed by atoms with van der Waals surface area (Å²) in [7, 11) is 4.22. The Balaban J connectivity index is 1.83. The van der Waals surface area contributed by atoms with Crippen LogP contribution in [-0.2, 0) is 9.59 Å². The second kappa shape index (κ2) is 13.3. The Kier molecular flexibility index (Phi) is 9.80. The fourth-order valence-corrected chi connectivity index (χ4v) is 3.58. The predicted octanol–water partition coefficient (Wildman–Crippen LogP) is 3.08. The van der Waals surface area contributed by atoms with Gasteiger partial charge in [-0.3, -0.25) is 25.8 Å². The molecule has 0 aliphatic heterocycles. The van der Waals surface area contributed by atoms with E-state index in [1.54, 1.807) is 24.3 Å². The molecule has 0 aliphatic rings. The summed E-state index contributed by atoms with van der Waals surface area (Å²) in [5, 5.41) is 10.6. The number of halogens is 3. The molecule has 0 saturated heterocycles. The van der Waals surface area contributed by atoms with Gasteiger partial charge in [0.2, 0.25) is 5.75 Å². The highest BCUT2D eigenvalue weighted by molar-refractivity contribution is 5.97. The van der Waals surface area contributed by atoms with E-state index in [9.17, 15) is 27.6 Å². The monoisotopic (exact) mass is 589 g/mol. The normalized spacial score (nSPS) is 11.5. The lowest BCUT2D eigenvalue weighted by Gasteiger charge is -2.22. The van der Waals surface area contributed by atoms with Crippen LogP contribution in [0.5, 0.6) is 23.0 Å². The van der Waals surface area contributed by atoms with E-state index in [-0.39, 0.29) is 28.6 Å². The quantitative estimate of drug-likeness (QED) is 0.0783. The van der Waals surface area contributed by atoms with Crippen LogP contribution in [0.3, 0.4) is 0 Å². The molecule has 0 radical (unpaired) electrons. The van der Waals surface area contributed by atoms with Gasteiger partial charge in [-0.2, -0.15) is 13.2 Å². The molecule has 0 heterocycles. The second-order valence-electron chi connectivity index (χ2n) is 8.38. The number of nitrogens with two attached hydrogens (primary N) is 1. The lowest BCUT2D eigenvalue weighted by molar-refractivity contribution is -0.189. The van der Waals surface area contributed by atoms with Crippen molar-refractivity contribution < 1.29 is 46.5 Å². The average Bonchev–Trinajstić information content (AvgIpc) is 2.97. The largest absolute Gasteiger partial charge is 0.493 e. The number of hydrazine groups is 1. The molecule has 3 aromatic rings. The van der Waals surface area contributed by atoms with Crippen molar-refractivity contribution in [2.45, 2.75) is 12.2 Å². The number of amidine groups is 1. The van der Waals surface area contributed by atoms with Gasteiger partial charge >= 0.3 is 12.1 Å². The van der Waals surface area contributed by atoms with Crippen molar-refractivity contribution in [2.75, 3.05) is 26.6 Å². The molecular weight excluding hydrogens is 563 g/mol. The molecule has 12 nitrogen and oxygen atoms in total. The number of nitrogen functional groups attached to an aromatic ring is 1. The molecule has 3 aromatic carbocycles. The molecule has 3 rings (SSSR count). The van der Waals surface area contributed by atoms with E-state index in [2.05, 4.69) is 20.9 Å². The van der Waals surface area contributed by atoms with Crippen LogP contribution in [0.2, 0.25) is 0 Å². The van der Waals surface area contributed by atoms with Crippen molar-refractivity contribution in [1.29, 1.82) is 5.41 Å². The van der Waals surface area contributed by atoms with E-state index in [4.69, 9.17) is 25.4 Å². The van der Waals surface area contributed by atoms with Gasteiger partial charge in [0.25, 0.3) is 11.8 Å². The highest BCUT2D eigenvalue weighted by Gasteiger charge is 2.41. The summed E-state index contributed by atoms with van der Waals surface area (Å²) in [5.41, 5.74) is 11.2. The van der Waals surface area contributed by atoms with E-state index in [1.165, 1.54) is 33.5 Å². The summed E-state index contributed by atoms with van der Waals surface area (Å²) < 4.78 is 57.5. The molecule has 15 heteroatoms. The van der Waals surface area contributed by atoms with E-state index >= 15 is 0 Å². The van der Waals surface area contributed by atoms with Gasteiger partial charge in [0.05, 0.1) is 21.3 Å². The molecule has 0 spiro atoms. The molecule has 42 heavy (non-hydrogen) atoms. The highest BCUT2D eigenvalue weighted by atomic mass is 19.4. The Morgan fingerprint density at radius 1 is 0.833 bits per heavy atom. The first-order chi connectivity index (χ1) is 19.9. The van der Waals surface area contributed by atoms with E-state index in [0.29, 0.717) is 16.8 Å². The van der Waals surface area contributed by atoms with Crippen molar-refractivity contribution in [3.05, 3.63) is 77.4 Å². The lowest BCUT2D eigenvalue weighted by atomic mass is 10.0.